The summed E-state index contributed by atoms with van der Waals surface area (Å²) in [5.41, 5.74) is -0.0396. The molecule has 0 N–H and O–H groups in total. The van der Waals surface area contributed by atoms with Gasteiger partial charge in [-0.2, -0.15) is 0 Å². The molecule has 1 aliphatic rings. The molecule has 0 saturated carbocycles. The van der Waals surface area contributed by atoms with Crippen LogP contribution in [0.3, 0.4) is 0 Å². The number of pyridine rings is 1. The Labute approximate surface area is 198 Å². The van der Waals surface area contributed by atoms with Crippen LogP contribution in [0.5, 0.6) is 5.75 Å². The minimum atomic E-state index is -1.28. The molecule has 1 aromatic carbocycles. The van der Waals surface area contributed by atoms with E-state index in [1.807, 2.05) is 0 Å². The second-order valence-corrected chi connectivity index (χ2v) is 8.52. The molecule has 3 aromatic rings. The lowest BCUT2D eigenvalue weighted by Crippen LogP contribution is -2.44. The Morgan fingerprint density at radius 3 is 2.53 bits per heavy atom. The molecular weight excluding hydrogens is 470 g/mol. The summed E-state index contributed by atoms with van der Waals surface area (Å²) in [5, 5.41) is 0.415. The van der Waals surface area contributed by atoms with Crippen LogP contribution in [-0.2, 0) is 11.3 Å². The van der Waals surface area contributed by atoms with Crippen LogP contribution in [-0.4, -0.2) is 58.0 Å². The van der Waals surface area contributed by atoms with Crippen LogP contribution in [0, 0.1) is 0 Å². The highest BCUT2D eigenvalue weighted by atomic mass is 35.5. The Morgan fingerprint density at radius 1 is 1.15 bits per heavy atom. The normalized spacial score (nSPS) is 14.6. The quantitative estimate of drug-likeness (QED) is 0.356. The zero-order valence-electron chi connectivity index (χ0n) is 18.2. The Hall–Kier alpha value is -3.27. The van der Waals surface area contributed by atoms with Crippen molar-refractivity contribution in [2.75, 3.05) is 26.4 Å². The van der Waals surface area contributed by atoms with Crippen LogP contribution >= 0.6 is 11.6 Å². The van der Waals surface area contributed by atoms with Gasteiger partial charge in [0.1, 0.15) is 24.3 Å². The maximum absolute atomic E-state index is 13.6. The second kappa shape index (κ2) is 10.3. The average molecular weight is 493 g/mol. The van der Waals surface area contributed by atoms with Crippen molar-refractivity contribution in [1.82, 2.24) is 19.0 Å². The molecule has 0 aliphatic carbocycles. The first-order valence-corrected chi connectivity index (χ1v) is 11.2. The summed E-state index contributed by atoms with van der Waals surface area (Å²) in [6.07, 6.45) is 2.06. The molecule has 11 heteroatoms. The number of likely N-dealkylation sites (tertiary alicyclic amines) is 1. The summed E-state index contributed by atoms with van der Waals surface area (Å²) in [6, 6.07) is 7.43. The van der Waals surface area contributed by atoms with Crippen molar-refractivity contribution >= 4 is 28.9 Å². The van der Waals surface area contributed by atoms with Crippen LogP contribution in [0.25, 0.3) is 10.9 Å². The molecule has 1 fully saturated rings. The molecule has 3 heterocycles. The number of carbonyl (C=O) groups is 1. The number of hydrogen-bond donors (Lipinski definition) is 0. The van der Waals surface area contributed by atoms with E-state index in [0.29, 0.717) is 37.0 Å². The number of halogens is 3. The highest BCUT2D eigenvalue weighted by Crippen LogP contribution is 2.26. The van der Waals surface area contributed by atoms with Crippen molar-refractivity contribution in [3.05, 3.63) is 68.1 Å². The first kappa shape index (κ1) is 23.9. The van der Waals surface area contributed by atoms with Gasteiger partial charge >= 0.3 is 5.69 Å². The van der Waals surface area contributed by atoms with E-state index in [1.54, 1.807) is 27.7 Å². The number of hydrogen-bond acceptors (Lipinski definition) is 5. The van der Waals surface area contributed by atoms with Crippen molar-refractivity contribution in [2.24, 2.45) is 0 Å². The highest BCUT2D eigenvalue weighted by molar-refractivity contribution is 6.29. The van der Waals surface area contributed by atoms with Crippen molar-refractivity contribution in [2.45, 2.75) is 31.5 Å². The largest absolute Gasteiger partial charge is 0.485 e. The number of fused-ring (bicyclic) bond motifs is 1. The number of piperidine rings is 1. The van der Waals surface area contributed by atoms with Gasteiger partial charge in [-0.3, -0.25) is 18.7 Å². The monoisotopic (exact) mass is 492 g/mol. The third kappa shape index (κ3) is 4.82. The van der Waals surface area contributed by atoms with Crippen LogP contribution < -0.4 is 16.0 Å². The second-order valence-electron chi connectivity index (χ2n) is 8.13. The zero-order chi connectivity index (χ0) is 24.2. The molecular formula is C23H23ClF2N4O4. The van der Waals surface area contributed by atoms with Gasteiger partial charge in [0.2, 0.25) is 6.41 Å². The fourth-order valence-corrected chi connectivity index (χ4v) is 4.39. The lowest BCUT2D eigenvalue weighted by Gasteiger charge is -2.31. The van der Waals surface area contributed by atoms with Gasteiger partial charge in [0.25, 0.3) is 5.56 Å². The van der Waals surface area contributed by atoms with Gasteiger partial charge in [0, 0.05) is 25.3 Å². The Bertz CT molecular complexity index is 1300. The minimum absolute atomic E-state index is 0.0360. The van der Waals surface area contributed by atoms with Crippen molar-refractivity contribution in [1.29, 1.82) is 0 Å². The van der Waals surface area contributed by atoms with E-state index in [1.165, 1.54) is 18.3 Å². The molecule has 0 bridgehead atoms. The van der Waals surface area contributed by atoms with Gasteiger partial charge in [-0.1, -0.05) is 11.6 Å². The van der Waals surface area contributed by atoms with E-state index in [0.717, 1.165) is 11.0 Å². The predicted octanol–water partition coefficient (Wildman–Crippen LogP) is 2.74. The summed E-state index contributed by atoms with van der Waals surface area (Å²) >= 11 is 5.97. The van der Waals surface area contributed by atoms with Crippen LogP contribution in [0.2, 0.25) is 5.15 Å². The van der Waals surface area contributed by atoms with Gasteiger partial charge in [-0.25, -0.2) is 18.6 Å². The molecule has 0 radical (unpaired) electrons. The molecule has 1 aliphatic heterocycles. The molecule has 8 nitrogen and oxygen atoms in total. The molecule has 0 spiro atoms. The Kier molecular flexibility index (Phi) is 7.26. The molecule has 2 aromatic heterocycles. The topological polar surface area (TPSA) is 86.4 Å². The summed E-state index contributed by atoms with van der Waals surface area (Å²) in [4.78, 5) is 43.6. The maximum Gasteiger partial charge on any atom is 0.332 e. The number of benzene rings is 1. The number of rotatable bonds is 8. The first-order chi connectivity index (χ1) is 16.4. The maximum atomic E-state index is 13.6. The zero-order valence-corrected chi connectivity index (χ0v) is 19.0. The van der Waals surface area contributed by atoms with E-state index < -0.39 is 30.7 Å². The van der Waals surface area contributed by atoms with Gasteiger partial charge in [0.05, 0.1) is 17.4 Å². The molecule has 0 atom stereocenters. The fraction of sp³-hybridized carbons (Fsp3) is 0.391. The SMILES string of the molecule is O=CN1CCC(n2c(=O)n(Cc3ccnc(Cl)c3)c(=O)c3cc(OC(CF)CF)ccc32)CC1. The summed E-state index contributed by atoms with van der Waals surface area (Å²) < 4.78 is 34.0. The summed E-state index contributed by atoms with van der Waals surface area (Å²) in [5.74, 6) is 0.129. The lowest BCUT2D eigenvalue weighted by molar-refractivity contribution is -0.119. The first-order valence-electron chi connectivity index (χ1n) is 10.8. The Morgan fingerprint density at radius 2 is 1.88 bits per heavy atom. The third-order valence-electron chi connectivity index (χ3n) is 5.93. The van der Waals surface area contributed by atoms with E-state index in [-0.39, 0.29) is 28.9 Å². The third-order valence-corrected chi connectivity index (χ3v) is 6.14. The lowest BCUT2D eigenvalue weighted by atomic mass is 10.0. The number of carbonyl (C=O) groups excluding carboxylic acids is 1. The van der Waals surface area contributed by atoms with Crippen molar-refractivity contribution in [3.63, 3.8) is 0 Å². The molecule has 34 heavy (non-hydrogen) atoms. The smallest absolute Gasteiger partial charge is 0.332 e. The van der Waals surface area contributed by atoms with E-state index in [9.17, 15) is 23.2 Å². The van der Waals surface area contributed by atoms with Gasteiger partial charge < -0.3 is 9.64 Å². The molecule has 1 amide bonds. The van der Waals surface area contributed by atoms with Gasteiger partial charge in [-0.15, -0.1) is 0 Å². The van der Waals surface area contributed by atoms with Crippen LogP contribution in [0.4, 0.5) is 8.78 Å². The molecule has 1 saturated heterocycles. The molecule has 0 unspecified atom stereocenters. The van der Waals surface area contributed by atoms with E-state index in [4.69, 9.17) is 16.3 Å². The number of alkyl halides is 2. The Balaban J connectivity index is 1.86. The highest BCUT2D eigenvalue weighted by Gasteiger charge is 2.25. The van der Waals surface area contributed by atoms with Crippen molar-refractivity contribution in [3.8, 4) is 5.75 Å². The predicted molar refractivity (Wildman–Crippen MR) is 123 cm³/mol. The standard InChI is InChI=1S/C23H23ClF2N4O4/c24-21-9-15(3-6-27-21)13-29-22(32)19-10-17(34-18(11-25)12-26)1-2-20(19)30(23(29)33)16-4-7-28(14-31)8-5-16/h1-3,6,9-10,14,16,18H,4-5,7-8,11-13H2. The molecule has 4 rings (SSSR count). The van der Waals surface area contributed by atoms with Gasteiger partial charge in [0.15, 0.2) is 6.10 Å². The average Bonchev–Trinajstić information content (AvgIpc) is 2.86. The van der Waals surface area contributed by atoms with E-state index >= 15 is 0 Å². The number of ether oxygens (including phenoxy) is 1. The van der Waals surface area contributed by atoms with Gasteiger partial charge in [-0.05, 0) is 48.7 Å². The number of aromatic nitrogens is 3. The van der Waals surface area contributed by atoms with E-state index in [2.05, 4.69) is 4.98 Å². The summed E-state index contributed by atoms with van der Waals surface area (Å²) in [6.45, 7) is -1.10. The summed E-state index contributed by atoms with van der Waals surface area (Å²) in [7, 11) is 0. The minimum Gasteiger partial charge on any atom is -0.485 e. The molecule has 180 valence electrons. The number of amides is 1. The number of nitrogens with zero attached hydrogens (tertiary/aromatic N) is 4. The fourth-order valence-electron chi connectivity index (χ4n) is 4.20. The van der Waals surface area contributed by atoms with Crippen molar-refractivity contribution < 1.29 is 18.3 Å². The van der Waals surface area contributed by atoms with Crippen LogP contribution in [0.1, 0.15) is 24.4 Å². The van der Waals surface area contributed by atoms with Crippen LogP contribution in [0.15, 0.2) is 46.1 Å².